The van der Waals surface area contributed by atoms with Crippen LogP contribution in [-0.2, 0) is 6.54 Å². The van der Waals surface area contributed by atoms with Gasteiger partial charge in [0.05, 0.1) is 5.69 Å². The summed E-state index contributed by atoms with van der Waals surface area (Å²) in [6.07, 6.45) is 2.54. The summed E-state index contributed by atoms with van der Waals surface area (Å²) in [4.78, 5) is 5.36. The van der Waals surface area contributed by atoms with Crippen molar-refractivity contribution in [2.45, 2.75) is 25.6 Å². The molecule has 1 aliphatic heterocycles. The number of fused-ring (bicyclic) bond motifs is 1. The third-order valence-corrected chi connectivity index (χ3v) is 10.8. The van der Waals surface area contributed by atoms with Crippen LogP contribution >= 0.6 is 7.92 Å². The Morgan fingerprint density at radius 3 is 1.83 bits per heavy atom. The van der Waals surface area contributed by atoms with E-state index >= 15 is 0 Å². The molecular formula is C39H35N2P. The van der Waals surface area contributed by atoms with Gasteiger partial charge in [-0.3, -0.25) is 0 Å². The Hall–Kier alpha value is -4.39. The summed E-state index contributed by atoms with van der Waals surface area (Å²) < 4.78 is 0. The van der Waals surface area contributed by atoms with E-state index in [1.807, 2.05) is 0 Å². The van der Waals surface area contributed by atoms with E-state index in [1.54, 1.807) is 0 Å². The molecule has 0 N–H and O–H groups in total. The molecule has 0 bridgehead atoms. The molecule has 3 heteroatoms. The topological polar surface area (TPSA) is 6.48 Å². The Kier molecular flexibility index (Phi) is 7.72. The van der Waals surface area contributed by atoms with E-state index in [0.717, 1.165) is 19.5 Å². The number of anilines is 2. The summed E-state index contributed by atoms with van der Waals surface area (Å²) in [5.74, 6) is 0. The van der Waals surface area contributed by atoms with Crippen LogP contribution in [0.25, 0.3) is 10.8 Å². The van der Waals surface area contributed by atoms with Gasteiger partial charge in [0.15, 0.2) is 0 Å². The first kappa shape index (κ1) is 26.5. The van der Waals surface area contributed by atoms with Crippen LogP contribution in [0.2, 0.25) is 0 Å². The Balaban J connectivity index is 1.42. The molecule has 7 rings (SSSR count). The van der Waals surface area contributed by atoms with Gasteiger partial charge in [-0.25, -0.2) is 0 Å². The van der Waals surface area contributed by atoms with Crippen molar-refractivity contribution in [3.05, 3.63) is 163 Å². The molecule has 1 heterocycles. The lowest BCUT2D eigenvalue weighted by Crippen LogP contribution is -2.46. The molecule has 1 atom stereocenters. The second kappa shape index (κ2) is 12.2. The lowest BCUT2D eigenvalue weighted by molar-refractivity contribution is 0.606. The van der Waals surface area contributed by atoms with Crippen molar-refractivity contribution >= 4 is 46.0 Å². The zero-order valence-corrected chi connectivity index (χ0v) is 24.7. The number of nitrogens with zero attached hydrogens (tertiary/aromatic N) is 2. The van der Waals surface area contributed by atoms with E-state index < -0.39 is 7.92 Å². The summed E-state index contributed by atoms with van der Waals surface area (Å²) >= 11 is 0. The smallest absolute Gasteiger partial charge is 0.102 e. The van der Waals surface area contributed by atoms with Gasteiger partial charge in [0, 0.05) is 29.5 Å². The molecule has 2 nitrogen and oxygen atoms in total. The number of para-hydroxylation sites is 1. The average molecular weight is 563 g/mol. The van der Waals surface area contributed by atoms with Crippen molar-refractivity contribution in [3.8, 4) is 0 Å². The van der Waals surface area contributed by atoms with Gasteiger partial charge in [0.25, 0.3) is 0 Å². The van der Waals surface area contributed by atoms with Crippen LogP contribution < -0.4 is 25.7 Å². The Morgan fingerprint density at radius 2 is 1.17 bits per heavy atom. The predicted octanol–water partition coefficient (Wildman–Crippen LogP) is 8.23. The summed E-state index contributed by atoms with van der Waals surface area (Å²) in [6.45, 7) is 1.91. The largest absolute Gasteiger partial charge is 0.350 e. The van der Waals surface area contributed by atoms with Gasteiger partial charge in [-0.2, -0.15) is 0 Å². The van der Waals surface area contributed by atoms with E-state index in [9.17, 15) is 0 Å². The molecule has 6 aromatic carbocycles. The maximum absolute atomic E-state index is 2.73. The quantitative estimate of drug-likeness (QED) is 0.172. The van der Waals surface area contributed by atoms with Crippen molar-refractivity contribution in [1.29, 1.82) is 0 Å². The number of benzene rings is 6. The standard InChI is InChI=1S/C39H35N2P/c1-5-16-31(17-6-1)30-41(33-19-7-2-8-20-33)38-26-15-29-40(38)39-36-25-14-13-18-32(36)27-28-37(39)42(34-21-9-3-10-22-34)35-23-11-4-12-24-35/h1-14,16-25,27-28,38H,15,26,29-30H2/t38-/m1/s1. The Bertz CT molecular complexity index is 1700. The zero-order valence-electron chi connectivity index (χ0n) is 23.8. The highest BCUT2D eigenvalue weighted by molar-refractivity contribution is 7.80. The first-order valence-electron chi connectivity index (χ1n) is 14.9. The molecule has 0 amide bonds. The van der Waals surface area contributed by atoms with Crippen LogP contribution in [-0.4, -0.2) is 12.7 Å². The summed E-state index contributed by atoms with van der Waals surface area (Å²) in [5.41, 5.74) is 4.00. The monoisotopic (exact) mass is 562 g/mol. The predicted molar refractivity (Wildman–Crippen MR) is 182 cm³/mol. The van der Waals surface area contributed by atoms with Crippen molar-refractivity contribution in [2.24, 2.45) is 0 Å². The number of hydrogen-bond acceptors (Lipinski definition) is 2. The molecule has 0 aliphatic carbocycles. The molecule has 0 saturated carbocycles. The van der Waals surface area contributed by atoms with Crippen molar-refractivity contribution < 1.29 is 0 Å². The second-order valence-electron chi connectivity index (χ2n) is 10.9. The highest BCUT2D eigenvalue weighted by Crippen LogP contribution is 2.43. The molecular weight excluding hydrogens is 527 g/mol. The van der Waals surface area contributed by atoms with E-state index in [1.165, 1.54) is 50.0 Å². The van der Waals surface area contributed by atoms with Gasteiger partial charge >= 0.3 is 0 Å². The Morgan fingerprint density at radius 1 is 0.595 bits per heavy atom. The van der Waals surface area contributed by atoms with Crippen molar-refractivity contribution in [2.75, 3.05) is 16.3 Å². The third-order valence-electron chi connectivity index (χ3n) is 8.30. The van der Waals surface area contributed by atoms with Gasteiger partial charge in [-0.15, -0.1) is 0 Å². The van der Waals surface area contributed by atoms with Crippen LogP contribution in [0.3, 0.4) is 0 Å². The van der Waals surface area contributed by atoms with Gasteiger partial charge in [-0.05, 0) is 54.5 Å². The van der Waals surface area contributed by atoms with Gasteiger partial charge < -0.3 is 9.80 Å². The van der Waals surface area contributed by atoms with Gasteiger partial charge in [-0.1, -0.05) is 146 Å². The molecule has 0 radical (unpaired) electrons. The lowest BCUT2D eigenvalue weighted by Gasteiger charge is -2.40. The lowest BCUT2D eigenvalue weighted by atomic mass is 10.1. The third kappa shape index (κ3) is 5.31. The molecule has 0 spiro atoms. The SMILES string of the molecule is c1ccc(CN(c2ccccc2)[C@@H]2CCCN2c2c(P(c3ccccc3)c3ccccc3)ccc3ccccc23)cc1. The molecule has 0 aromatic heterocycles. The second-order valence-corrected chi connectivity index (χ2v) is 13.1. The highest BCUT2D eigenvalue weighted by Gasteiger charge is 2.34. The summed E-state index contributed by atoms with van der Waals surface area (Å²) in [5, 5.41) is 6.84. The zero-order chi connectivity index (χ0) is 28.1. The molecule has 6 aromatic rings. The van der Waals surface area contributed by atoms with Crippen LogP contribution in [0.15, 0.2) is 158 Å². The normalized spacial score (nSPS) is 14.9. The van der Waals surface area contributed by atoms with Gasteiger partial charge in [0.2, 0.25) is 0 Å². The molecule has 206 valence electrons. The van der Waals surface area contributed by atoms with Gasteiger partial charge in [0.1, 0.15) is 6.17 Å². The number of rotatable bonds is 8. The van der Waals surface area contributed by atoms with E-state index in [0.29, 0.717) is 0 Å². The first-order valence-corrected chi connectivity index (χ1v) is 16.3. The maximum Gasteiger partial charge on any atom is 0.102 e. The summed E-state index contributed by atoms with van der Waals surface area (Å²) in [6, 6.07) is 57.8. The molecule has 1 fully saturated rings. The first-order chi connectivity index (χ1) is 20.9. The fourth-order valence-corrected chi connectivity index (χ4v) is 8.89. The highest BCUT2D eigenvalue weighted by atomic mass is 31.1. The minimum atomic E-state index is -0.757. The fraction of sp³-hybridized carbons (Fsp3) is 0.128. The maximum atomic E-state index is 2.73. The van der Waals surface area contributed by atoms with Crippen LogP contribution in [0, 0.1) is 0 Å². The Labute approximate surface area is 250 Å². The van der Waals surface area contributed by atoms with Crippen LogP contribution in [0.1, 0.15) is 18.4 Å². The molecule has 42 heavy (non-hydrogen) atoms. The van der Waals surface area contributed by atoms with E-state index in [4.69, 9.17) is 0 Å². The minimum absolute atomic E-state index is 0.251. The van der Waals surface area contributed by atoms with Crippen LogP contribution in [0.5, 0.6) is 0 Å². The van der Waals surface area contributed by atoms with Crippen molar-refractivity contribution in [1.82, 2.24) is 0 Å². The van der Waals surface area contributed by atoms with E-state index in [-0.39, 0.29) is 6.17 Å². The number of hydrogen-bond donors (Lipinski definition) is 0. The minimum Gasteiger partial charge on any atom is -0.350 e. The fourth-order valence-electron chi connectivity index (χ4n) is 6.41. The molecule has 1 saturated heterocycles. The molecule has 0 unspecified atom stereocenters. The van der Waals surface area contributed by atoms with E-state index in [2.05, 4.69) is 168 Å². The summed E-state index contributed by atoms with van der Waals surface area (Å²) in [7, 11) is -0.757. The molecule has 1 aliphatic rings. The van der Waals surface area contributed by atoms with Crippen LogP contribution in [0.4, 0.5) is 11.4 Å². The average Bonchev–Trinajstić information content (AvgIpc) is 3.55. The van der Waals surface area contributed by atoms with Crippen molar-refractivity contribution in [3.63, 3.8) is 0 Å².